The summed E-state index contributed by atoms with van der Waals surface area (Å²) < 4.78 is 24.8. The van der Waals surface area contributed by atoms with Gasteiger partial charge in [0.25, 0.3) is 5.91 Å². The van der Waals surface area contributed by atoms with E-state index in [2.05, 4.69) is 0 Å². The summed E-state index contributed by atoms with van der Waals surface area (Å²) in [5.74, 6) is -0.343. The molecule has 0 aliphatic heterocycles. The first-order chi connectivity index (χ1) is 7.83. The number of carbonyl (C=O) groups excluding carboxylic acids is 1. The fourth-order valence-corrected chi connectivity index (χ4v) is 2.77. The van der Waals surface area contributed by atoms with Crippen molar-refractivity contribution in [2.45, 2.75) is 33.6 Å². The van der Waals surface area contributed by atoms with Crippen LogP contribution in [0.15, 0.2) is 0 Å². The van der Waals surface area contributed by atoms with Gasteiger partial charge in [0.2, 0.25) is 10.0 Å². The minimum absolute atomic E-state index is 0.0177. The number of hydrogen-bond acceptors (Lipinski definition) is 4. The van der Waals surface area contributed by atoms with E-state index >= 15 is 0 Å². The molecule has 0 aliphatic rings. The Bertz CT molecular complexity index is 327. The van der Waals surface area contributed by atoms with Crippen LogP contribution in [0.3, 0.4) is 0 Å². The summed E-state index contributed by atoms with van der Waals surface area (Å²) in [7, 11) is -3.41. The van der Waals surface area contributed by atoms with Gasteiger partial charge in [0.15, 0.2) is 0 Å². The molecule has 2 N–H and O–H groups in total. The smallest absolute Gasteiger partial charge is 0.258 e. The standard InChI is InChI=1S/C10H22N2O4S/c1-4-7-17(15,16)12(6-5-9(2)3)8-10(13)11-14/h9,14H,4-8H2,1-3H3,(H,11,13). The number of hydrogen-bond donors (Lipinski definition) is 2. The zero-order valence-corrected chi connectivity index (χ0v) is 11.5. The summed E-state index contributed by atoms with van der Waals surface area (Å²) in [5.41, 5.74) is 1.45. The van der Waals surface area contributed by atoms with Crippen molar-refractivity contribution in [3.05, 3.63) is 0 Å². The van der Waals surface area contributed by atoms with Crippen LogP contribution >= 0.6 is 0 Å². The van der Waals surface area contributed by atoms with Gasteiger partial charge in [-0.3, -0.25) is 10.0 Å². The second-order valence-electron chi connectivity index (χ2n) is 4.37. The van der Waals surface area contributed by atoms with Crippen molar-refractivity contribution in [1.29, 1.82) is 0 Å². The van der Waals surface area contributed by atoms with Crippen LogP contribution in [0.4, 0.5) is 0 Å². The van der Waals surface area contributed by atoms with Crippen LogP contribution in [0.5, 0.6) is 0 Å². The first kappa shape index (κ1) is 16.3. The Morgan fingerprint density at radius 3 is 2.41 bits per heavy atom. The van der Waals surface area contributed by atoms with Crippen molar-refractivity contribution in [3.8, 4) is 0 Å². The molecule has 6 nitrogen and oxygen atoms in total. The van der Waals surface area contributed by atoms with E-state index < -0.39 is 15.9 Å². The minimum atomic E-state index is -3.41. The molecule has 0 rings (SSSR count). The van der Waals surface area contributed by atoms with Gasteiger partial charge >= 0.3 is 0 Å². The van der Waals surface area contributed by atoms with E-state index in [0.717, 1.165) is 4.31 Å². The third-order valence-electron chi connectivity index (χ3n) is 2.26. The van der Waals surface area contributed by atoms with E-state index in [1.54, 1.807) is 6.92 Å². The van der Waals surface area contributed by atoms with Gasteiger partial charge in [-0.05, 0) is 18.8 Å². The Morgan fingerprint density at radius 2 is 2.00 bits per heavy atom. The van der Waals surface area contributed by atoms with Gasteiger partial charge in [0.05, 0.1) is 12.3 Å². The molecule has 0 fully saturated rings. The average molecular weight is 266 g/mol. The summed E-state index contributed by atoms with van der Waals surface area (Å²) in [4.78, 5) is 11.1. The molecule has 0 heterocycles. The largest absolute Gasteiger partial charge is 0.289 e. The molecule has 7 heteroatoms. The van der Waals surface area contributed by atoms with Crippen molar-refractivity contribution in [2.75, 3.05) is 18.8 Å². The highest BCUT2D eigenvalue weighted by Gasteiger charge is 2.23. The second-order valence-corrected chi connectivity index (χ2v) is 6.46. The van der Waals surface area contributed by atoms with E-state index in [1.807, 2.05) is 13.8 Å². The molecule has 0 unspecified atom stereocenters. The van der Waals surface area contributed by atoms with Gasteiger partial charge in [-0.2, -0.15) is 4.31 Å². The van der Waals surface area contributed by atoms with Crippen molar-refractivity contribution in [2.24, 2.45) is 5.92 Å². The van der Waals surface area contributed by atoms with Gasteiger partial charge < -0.3 is 0 Å². The summed E-state index contributed by atoms with van der Waals surface area (Å²) in [5, 5.41) is 8.44. The van der Waals surface area contributed by atoms with E-state index in [1.165, 1.54) is 5.48 Å². The molecule has 0 aliphatic carbocycles. The second kappa shape index (κ2) is 7.62. The minimum Gasteiger partial charge on any atom is -0.289 e. The highest BCUT2D eigenvalue weighted by atomic mass is 32.2. The van der Waals surface area contributed by atoms with E-state index in [0.29, 0.717) is 25.3 Å². The molecule has 17 heavy (non-hydrogen) atoms. The van der Waals surface area contributed by atoms with E-state index in [-0.39, 0.29) is 12.3 Å². The van der Waals surface area contributed by atoms with Gasteiger partial charge in [-0.15, -0.1) is 0 Å². The quantitative estimate of drug-likeness (QED) is 0.497. The Kier molecular flexibility index (Phi) is 7.33. The zero-order chi connectivity index (χ0) is 13.5. The Hall–Kier alpha value is -0.660. The van der Waals surface area contributed by atoms with Crippen LogP contribution < -0.4 is 5.48 Å². The predicted octanol–water partition coefficient (Wildman–Crippen LogP) is 0.580. The van der Waals surface area contributed by atoms with Crippen molar-refractivity contribution >= 4 is 15.9 Å². The molecule has 0 aromatic carbocycles. The zero-order valence-electron chi connectivity index (χ0n) is 10.6. The Labute approximate surface area is 103 Å². The normalized spacial score (nSPS) is 12.1. The van der Waals surface area contributed by atoms with Crippen LogP contribution in [0, 0.1) is 5.92 Å². The van der Waals surface area contributed by atoms with Gasteiger partial charge in [-0.1, -0.05) is 20.8 Å². The van der Waals surface area contributed by atoms with Crippen LogP contribution in [0.2, 0.25) is 0 Å². The first-order valence-electron chi connectivity index (χ1n) is 5.74. The molecule has 0 bridgehead atoms. The third-order valence-corrected chi connectivity index (χ3v) is 4.28. The summed E-state index contributed by atoms with van der Waals surface area (Å²) in [6.45, 7) is 5.71. The number of carbonyl (C=O) groups is 1. The number of rotatable bonds is 8. The van der Waals surface area contributed by atoms with Gasteiger partial charge in [0.1, 0.15) is 0 Å². The first-order valence-corrected chi connectivity index (χ1v) is 7.35. The molecule has 0 spiro atoms. The van der Waals surface area contributed by atoms with Gasteiger partial charge in [-0.25, -0.2) is 13.9 Å². The summed E-state index contributed by atoms with van der Waals surface area (Å²) in [6.07, 6.45) is 1.18. The van der Waals surface area contributed by atoms with Crippen molar-refractivity contribution in [3.63, 3.8) is 0 Å². The lowest BCUT2D eigenvalue weighted by molar-refractivity contribution is -0.129. The summed E-state index contributed by atoms with van der Waals surface area (Å²) >= 11 is 0. The van der Waals surface area contributed by atoms with Crippen LogP contribution in [0.25, 0.3) is 0 Å². The van der Waals surface area contributed by atoms with Crippen LogP contribution in [0.1, 0.15) is 33.6 Å². The fraction of sp³-hybridized carbons (Fsp3) is 0.900. The predicted molar refractivity (Wildman–Crippen MR) is 65.0 cm³/mol. The maximum atomic E-state index is 11.9. The van der Waals surface area contributed by atoms with Crippen molar-refractivity contribution < 1.29 is 18.4 Å². The van der Waals surface area contributed by atoms with E-state index in [4.69, 9.17) is 5.21 Å². The molecule has 0 atom stereocenters. The summed E-state index contributed by atoms with van der Waals surface area (Å²) in [6, 6.07) is 0. The molecule has 102 valence electrons. The monoisotopic (exact) mass is 266 g/mol. The number of sulfonamides is 1. The number of nitrogens with zero attached hydrogens (tertiary/aromatic N) is 1. The molecule has 1 amide bonds. The maximum absolute atomic E-state index is 11.9. The Balaban J connectivity index is 4.66. The van der Waals surface area contributed by atoms with E-state index in [9.17, 15) is 13.2 Å². The Morgan fingerprint density at radius 1 is 1.41 bits per heavy atom. The maximum Gasteiger partial charge on any atom is 0.258 e. The molecule has 0 saturated carbocycles. The molecular weight excluding hydrogens is 244 g/mol. The number of hydroxylamine groups is 1. The van der Waals surface area contributed by atoms with Crippen LogP contribution in [-0.4, -0.2) is 42.7 Å². The SMILES string of the molecule is CCCS(=O)(=O)N(CCC(C)C)CC(=O)NO. The average Bonchev–Trinajstić information content (AvgIpc) is 2.23. The third kappa shape index (κ3) is 6.60. The molecule has 0 aromatic rings. The number of nitrogens with one attached hydrogen (secondary N) is 1. The molecular formula is C10H22N2O4S. The highest BCUT2D eigenvalue weighted by molar-refractivity contribution is 7.89. The van der Waals surface area contributed by atoms with Crippen LogP contribution in [-0.2, 0) is 14.8 Å². The topological polar surface area (TPSA) is 86.7 Å². The van der Waals surface area contributed by atoms with Gasteiger partial charge in [0, 0.05) is 6.54 Å². The molecule has 0 saturated heterocycles. The lowest BCUT2D eigenvalue weighted by atomic mass is 10.1. The molecule has 0 radical (unpaired) electrons. The lowest BCUT2D eigenvalue weighted by Gasteiger charge is -2.21. The van der Waals surface area contributed by atoms with Crippen molar-refractivity contribution in [1.82, 2.24) is 9.79 Å². The number of amides is 1. The molecule has 0 aromatic heterocycles. The lowest BCUT2D eigenvalue weighted by Crippen LogP contribution is -2.41. The fourth-order valence-electron chi connectivity index (χ4n) is 1.30. The highest BCUT2D eigenvalue weighted by Crippen LogP contribution is 2.08.